The molecule has 0 radical (unpaired) electrons. The topological polar surface area (TPSA) is 29.5 Å². The summed E-state index contributed by atoms with van der Waals surface area (Å²) in [6.45, 7) is 6.43. The van der Waals surface area contributed by atoms with Crippen LogP contribution in [0.15, 0.2) is 42.5 Å². The first-order valence-corrected chi connectivity index (χ1v) is 7.70. The van der Waals surface area contributed by atoms with Crippen molar-refractivity contribution in [3.8, 4) is 5.75 Å². The predicted octanol–water partition coefficient (Wildman–Crippen LogP) is 4.69. The number of carbonyl (C=O) groups excluding carboxylic acids is 1. The Hall–Kier alpha value is -2.00. The van der Waals surface area contributed by atoms with Crippen molar-refractivity contribution in [3.05, 3.63) is 53.1 Å². The number of anilines is 2. The Bertz CT molecular complexity index is 722. The van der Waals surface area contributed by atoms with Crippen LogP contribution in [-0.4, -0.2) is 12.5 Å². The molecule has 3 rings (SSSR count). The van der Waals surface area contributed by atoms with E-state index in [9.17, 15) is 4.79 Å². The normalized spacial score (nSPS) is 15.8. The molecule has 1 heterocycles. The summed E-state index contributed by atoms with van der Waals surface area (Å²) in [7, 11) is 0. The van der Waals surface area contributed by atoms with E-state index >= 15 is 0 Å². The molecule has 0 saturated carbocycles. The third-order valence-corrected chi connectivity index (χ3v) is 4.25. The summed E-state index contributed by atoms with van der Waals surface area (Å²) in [5, 5.41) is 0.646. The van der Waals surface area contributed by atoms with Gasteiger partial charge < -0.3 is 4.74 Å². The van der Waals surface area contributed by atoms with Gasteiger partial charge >= 0.3 is 0 Å². The Labute approximate surface area is 135 Å². The molecule has 0 saturated heterocycles. The fourth-order valence-electron chi connectivity index (χ4n) is 2.82. The summed E-state index contributed by atoms with van der Waals surface area (Å²) in [4.78, 5) is 14.6. The van der Waals surface area contributed by atoms with Crippen molar-refractivity contribution < 1.29 is 9.53 Å². The van der Waals surface area contributed by atoms with E-state index < -0.39 is 5.41 Å². The molecule has 0 N–H and O–H groups in total. The summed E-state index contributed by atoms with van der Waals surface area (Å²) < 4.78 is 5.46. The van der Waals surface area contributed by atoms with Crippen molar-refractivity contribution in [3.63, 3.8) is 0 Å². The van der Waals surface area contributed by atoms with E-state index in [4.69, 9.17) is 16.3 Å². The number of fused-ring (bicyclic) bond motifs is 1. The quantitative estimate of drug-likeness (QED) is 0.822. The monoisotopic (exact) mass is 315 g/mol. The minimum absolute atomic E-state index is 0.0499. The van der Waals surface area contributed by atoms with Crippen LogP contribution in [-0.2, 0) is 10.2 Å². The zero-order valence-corrected chi connectivity index (χ0v) is 13.6. The Morgan fingerprint density at radius 1 is 1.14 bits per heavy atom. The third-order valence-electron chi connectivity index (χ3n) is 4.02. The van der Waals surface area contributed by atoms with Gasteiger partial charge in [-0.1, -0.05) is 11.6 Å². The maximum Gasteiger partial charge on any atom is 0.241 e. The van der Waals surface area contributed by atoms with Crippen molar-refractivity contribution in [2.45, 2.75) is 26.2 Å². The van der Waals surface area contributed by atoms with E-state index in [1.165, 1.54) is 0 Å². The Morgan fingerprint density at radius 2 is 1.82 bits per heavy atom. The largest absolute Gasteiger partial charge is 0.494 e. The first-order valence-electron chi connectivity index (χ1n) is 7.32. The highest BCUT2D eigenvalue weighted by Crippen LogP contribution is 2.46. The zero-order valence-electron chi connectivity index (χ0n) is 12.9. The molecule has 1 aliphatic rings. The van der Waals surface area contributed by atoms with Gasteiger partial charge in [0.15, 0.2) is 0 Å². The highest BCUT2D eigenvalue weighted by Gasteiger charge is 2.44. The Morgan fingerprint density at radius 3 is 2.45 bits per heavy atom. The van der Waals surface area contributed by atoms with Gasteiger partial charge in [-0.15, -0.1) is 0 Å². The molecule has 0 aliphatic carbocycles. The lowest BCUT2D eigenvalue weighted by atomic mass is 9.86. The summed E-state index contributed by atoms with van der Waals surface area (Å²) in [5.41, 5.74) is 2.10. The van der Waals surface area contributed by atoms with Crippen molar-refractivity contribution in [1.82, 2.24) is 0 Å². The van der Waals surface area contributed by atoms with Crippen LogP contribution in [0.2, 0.25) is 5.02 Å². The van der Waals surface area contributed by atoms with Gasteiger partial charge in [0.2, 0.25) is 5.91 Å². The molecule has 0 spiro atoms. The summed E-state index contributed by atoms with van der Waals surface area (Å²) >= 11 is 6.10. The number of nitrogens with zero attached hydrogens (tertiary/aromatic N) is 1. The highest BCUT2D eigenvalue weighted by molar-refractivity contribution is 6.31. The third kappa shape index (κ3) is 2.26. The fraction of sp³-hybridized carbons (Fsp3) is 0.278. The van der Waals surface area contributed by atoms with Crippen LogP contribution in [0.25, 0.3) is 0 Å². The van der Waals surface area contributed by atoms with Crippen LogP contribution in [0.5, 0.6) is 5.75 Å². The second kappa shape index (κ2) is 5.33. The average Bonchev–Trinajstić information content (AvgIpc) is 2.69. The van der Waals surface area contributed by atoms with Gasteiger partial charge in [-0.3, -0.25) is 9.69 Å². The van der Waals surface area contributed by atoms with Gasteiger partial charge in [0, 0.05) is 10.7 Å². The van der Waals surface area contributed by atoms with Gasteiger partial charge in [0.1, 0.15) is 5.75 Å². The van der Waals surface area contributed by atoms with Crippen molar-refractivity contribution in [2.24, 2.45) is 0 Å². The van der Waals surface area contributed by atoms with Crippen molar-refractivity contribution in [1.29, 1.82) is 0 Å². The molecule has 2 aromatic rings. The van der Waals surface area contributed by atoms with E-state index in [1.54, 1.807) is 4.90 Å². The molecule has 0 aromatic heterocycles. The summed E-state index contributed by atoms with van der Waals surface area (Å²) in [6, 6.07) is 13.2. The smallest absolute Gasteiger partial charge is 0.241 e. The molecule has 0 atom stereocenters. The molecular weight excluding hydrogens is 298 g/mol. The molecule has 1 amide bonds. The van der Waals surface area contributed by atoms with E-state index in [0.29, 0.717) is 11.6 Å². The van der Waals surface area contributed by atoms with Gasteiger partial charge in [0.25, 0.3) is 0 Å². The van der Waals surface area contributed by atoms with Crippen molar-refractivity contribution >= 4 is 28.9 Å². The van der Waals surface area contributed by atoms with Crippen LogP contribution in [0.3, 0.4) is 0 Å². The molecule has 0 fully saturated rings. The van der Waals surface area contributed by atoms with E-state index in [0.717, 1.165) is 22.7 Å². The number of rotatable bonds is 3. The van der Waals surface area contributed by atoms with Crippen LogP contribution >= 0.6 is 11.6 Å². The Balaban J connectivity index is 2.06. The first-order chi connectivity index (χ1) is 10.4. The first kappa shape index (κ1) is 14.9. The number of ether oxygens (including phenoxy) is 1. The molecule has 3 nitrogen and oxygen atoms in total. The second-order valence-electron chi connectivity index (χ2n) is 5.85. The zero-order chi connectivity index (χ0) is 15.9. The van der Waals surface area contributed by atoms with E-state index in [2.05, 4.69) is 0 Å². The molecule has 0 unspecified atom stereocenters. The lowest BCUT2D eigenvalue weighted by molar-refractivity contribution is -0.121. The molecule has 4 heteroatoms. The molecule has 1 aliphatic heterocycles. The molecule has 0 bridgehead atoms. The Kier molecular flexibility index (Phi) is 3.61. The molecule has 114 valence electrons. The van der Waals surface area contributed by atoms with Crippen molar-refractivity contribution in [2.75, 3.05) is 11.5 Å². The minimum atomic E-state index is -0.585. The molecule has 2 aromatic carbocycles. The van der Waals surface area contributed by atoms with Crippen LogP contribution < -0.4 is 9.64 Å². The van der Waals surface area contributed by atoms with Gasteiger partial charge in [-0.05, 0) is 68.8 Å². The summed E-state index contributed by atoms with van der Waals surface area (Å²) in [6.07, 6.45) is 0. The summed E-state index contributed by atoms with van der Waals surface area (Å²) in [5.74, 6) is 0.849. The maximum absolute atomic E-state index is 12.9. The number of carbonyl (C=O) groups is 1. The lowest BCUT2D eigenvalue weighted by Crippen LogP contribution is -2.33. The predicted molar refractivity (Wildman–Crippen MR) is 89.2 cm³/mol. The van der Waals surface area contributed by atoms with Gasteiger partial charge in [0.05, 0.1) is 17.7 Å². The van der Waals surface area contributed by atoms with Crippen LogP contribution in [0.4, 0.5) is 11.4 Å². The number of benzene rings is 2. The average molecular weight is 316 g/mol. The minimum Gasteiger partial charge on any atom is -0.494 e. The molecular formula is C18H18ClNO2. The van der Waals surface area contributed by atoms with E-state index in [-0.39, 0.29) is 5.91 Å². The molecule has 22 heavy (non-hydrogen) atoms. The highest BCUT2D eigenvalue weighted by atomic mass is 35.5. The number of hydrogen-bond acceptors (Lipinski definition) is 2. The standard InChI is InChI=1S/C18H18ClNO2/c1-4-22-14-8-6-13(7-9-14)20-16-10-5-12(19)11-15(16)18(2,3)17(20)21/h5-11H,4H2,1-3H3. The number of halogens is 1. The SMILES string of the molecule is CCOc1ccc(N2C(=O)C(C)(C)c3cc(Cl)ccc32)cc1. The van der Waals surface area contributed by atoms with Gasteiger partial charge in [-0.25, -0.2) is 0 Å². The number of hydrogen-bond donors (Lipinski definition) is 0. The second-order valence-corrected chi connectivity index (χ2v) is 6.29. The van der Waals surface area contributed by atoms with Crippen LogP contribution in [0, 0.1) is 0 Å². The number of amides is 1. The fourth-order valence-corrected chi connectivity index (χ4v) is 2.99. The lowest BCUT2D eigenvalue weighted by Gasteiger charge is -2.20. The maximum atomic E-state index is 12.9. The van der Waals surface area contributed by atoms with Crippen LogP contribution in [0.1, 0.15) is 26.3 Å². The van der Waals surface area contributed by atoms with Gasteiger partial charge in [-0.2, -0.15) is 0 Å². The van der Waals surface area contributed by atoms with E-state index in [1.807, 2.05) is 63.2 Å².